The fourth-order valence-electron chi connectivity index (χ4n) is 2.07. The van der Waals surface area contributed by atoms with Crippen molar-refractivity contribution in [3.8, 4) is 17.2 Å². The number of halogens is 1. The maximum atomic E-state index is 13.7. The molecule has 5 heteroatoms. The largest absolute Gasteiger partial charge is 0.504 e. The summed E-state index contributed by atoms with van der Waals surface area (Å²) in [5, 5.41) is 12.9. The fraction of sp³-hybridized carbons (Fsp3) is 0.250. The van der Waals surface area contributed by atoms with Gasteiger partial charge < -0.3 is 19.9 Å². The Kier molecular flexibility index (Phi) is 4.52. The number of methoxy groups -OCH3 is 2. The second-order valence-electron chi connectivity index (χ2n) is 4.65. The highest BCUT2D eigenvalue weighted by atomic mass is 19.1. The van der Waals surface area contributed by atoms with Gasteiger partial charge in [0.1, 0.15) is 0 Å². The molecular weight excluding hydrogens is 273 g/mol. The molecule has 2 rings (SSSR count). The predicted molar refractivity (Wildman–Crippen MR) is 79.6 cm³/mol. The van der Waals surface area contributed by atoms with Crippen LogP contribution in [-0.2, 0) is 0 Å². The zero-order chi connectivity index (χ0) is 15.4. The van der Waals surface area contributed by atoms with E-state index in [2.05, 4.69) is 5.32 Å². The Bertz CT molecular complexity index is 631. The van der Waals surface area contributed by atoms with Gasteiger partial charge in [-0.3, -0.25) is 0 Å². The van der Waals surface area contributed by atoms with Crippen molar-refractivity contribution >= 4 is 5.69 Å². The van der Waals surface area contributed by atoms with E-state index in [-0.39, 0.29) is 17.5 Å². The van der Waals surface area contributed by atoms with E-state index >= 15 is 0 Å². The van der Waals surface area contributed by atoms with Crippen LogP contribution in [0.25, 0.3) is 0 Å². The van der Waals surface area contributed by atoms with Crippen LogP contribution in [0.2, 0.25) is 0 Å². The van der Waals surface area contributed by atoms with Gasteiger partial charge in [0.15, 0.2) is 23.1 Å². The molecule has 0 radical (unpaired) electrons. The molecule has 112 valence electrons. The normalized spacial score (nSPS) is 11.8. The Balaban J connectivity index is 2.15. The van der Waals surface area contributed by atoms with E-state index in [1.54, 1.807) is 30.3 Å². The van der Waals surface area contributed by atoms with Gasteiger partial charge in [0.05, 0.1) is 14.2 Å². The first kappa shape index (κ1) is 15.0. The van der Waals surface area contributed by atoms with Crippen LogP contribution in [0.5, 0.6) is 17.2 Å². The molecule has 0 bridgehead atoms. The average Bonchev–Trinajstić information content (AvgIpc) is 2.47. The number of anilines is 1. The summed E-state index contributed by atoms with van der Waals surface area (Å²) in [5.41, 5.74) is 1.50. The minimum absolute atomic E-state index is 0.0515. The van der Waals surface area contributed by atoms with Crippen LogP contribution in [0, 0.1) is 5.82 Å². The van der Waals surface area contributed by atoms with Gasteiger partial charge in [0.25, 0.3) is 0 Å². The summed E-state index contributed by atoms with van der Waals surface area (Å²) in [6.07, 6.45) is 0. The van der Waals surface area contributed by atoms with Gasteiger partial charge in [-0.1, -0.05) is 6.07 Å². The van der Waals surface area contributed by atoms with Crippen LogP contribution in [0.4, 0.5) is 10.1 Å². The van der Waals surface area contributed by atoms with Crippen LogP contribution in [-0.4, -0.2) is 19.3 Å². The molecule has 0 heterocycles. The zero-order valence-electron chi connectivity index (χ0n) is 12.2. The van der Waals surface area contributed by atoms with E-state index < -0.39 is 5.82 Å². The third kappa shape index (κ3) is 3.37. The molecule has 4 nitrogen and oxygen atoms in total. The molecule has 0 amide bonds. The summed E-state index contributed by atoms with van der Waals surface area (Å²) in [5.74, 6) is 0.272. The monoisotopic (exact) mass is 291 g/mol. The summed E-state index contributed by atoms with van der Waals surface area (Å²) in [6.45, 7) is 1.91. The highest BCUT2D eigenvalue weighted by Crippen LogP contribution is 2.31. The smallest absolute Gasteiger partial charge is 0.165 e. The summed E-state index contributed by atoms with van der Waals surface area (Å²) >= 11 is 0. The molecule has 21 heavy (non-hydrogen) atoms. The van der Waals surface area contributed by atoms with Crippen LogP contribution in [0.15, 0.2) is 36.4 Å². The zero-order valence-corrected chi connectivity index (χ0v) is 12.2. The molecule has 0 saturated heterocycles. The Morgan fingerprint density at radius 3 is 2.29 bits per heavy atom. The van der Waals surface area contributed by atoms with Crippen molar-refractivity contribution < 1.29 is 19.0 Å². The molecule has 0 aliphatic carbocycles. The minimum atomic E-state index is -0.402. The lowest BCUT2D eigenvalue weighted by molar-refractivity contribution is 0.373. The number of benzene rings is 2. The van der Waals surface area contributed by atoms with E-state index in [9.17, 15) is 9.50 Å². The molecule has 1 unspecified atom stereocenters. The molecule has 0 saturated carbocycles. The van der Waals surface area contributed by atoms with Crippen LogP contribution in [0.1, 0.15) is 18.5 Å². The van der Waals surface area contributed by atoms with E-state index in [0.29, 0.717) is 5.75 Å². The first-order valence-electron chi connectivity index (χ1n) is 6.52. The van der Waals surface area contributed by atoms with Crippen molar-refractivity contribution in [2.24, 2.45) is 0 Å². The van der Waals surface area contributed by atoms with Crippen molar-refractivity contribution in [2.75, 3.05) is 19.5 Å². The van der Waals surface area contributed by atoms with E-state index in [0.717, 1.165) is 11.3 Å². The number of rotatable bonds is 5. The van der Waals surface area contributed by atoms with Crippen molar-refractivity contribution in [1.29, 1.82) is 0 Å². The molecule has 1 atom stereocenters. The molecule has 2 aromatic rings. The second-order valence-corrected chi connectivity index (χ2v) is 4.65. The molecule has 0 aliphatic rings. The van der Waals surface area contributed by atoms with Crippen LogP contribution in [0.3, 0.4) is 0 Å². The third-order valence-electron chi connectivity index (χ3n) is 3.24. The Labute approximate surface area is 123 Å². The number of phenolic OH excluding ortho intramolecular Hbond substituents is 1. The van der Waals surface area contributed by atoms with Crippen LogP contribution >= 0.6 is 0 Å². The lowest BCUT2D eigenvalue weighted by Gasteiger charge is -2.17. The Morgan fingerprint density at radius 2 is 1.71 bits per heavy atom. The molecular formula is C16H18FNO3. The van der Waals surface area contributed by atoms with E-state index in [4.69, 9.17) is 9.47 Å². The first-order valence-corrected chi connectivity index (χ1v) is 6.52. The molecule has 0 aliphatic heterocycles. The topological polar surface area (TPSA) is 50.7 Å². The summed E-state index contributed by atoms with van der Waals surface area (Å²) < 4.78 is 23.6. The first-order chi connectivity index (χ1) is 10.0. The second kappa shape index (κ2) is 6.35. The van der Waals surface area contributed by atoms with Crippen molar-refractivity contribution in [3.05, 3.63) is 47.8 Å². The van der Waals surface area contributed by atoms with Gasteiger partial charge in [0.2, 0.25) is 0 Å². The highest BCUT2D eigenvalue weighted by molar-refractivity contribution is 5.55. The summed E-state index contributed by atoms with van der Waals surface area (Å²) in [4.78, 5) is 0. The summed E-state index contributed by atoms with van der Waals surface area (Å²) in [7, 11) is 2.92. The lowest BCUT2D eigenvalue weighted by Crippen LogP contribution is -2.07. The van der Waals surface area contributed by atoms with Gasteiger partial charge in [-0.05, 0) is 36.8 Å². The van der Waals surface area contributed by atoms with Crippen molar-refractivity contribution in [2.45, 2.75) is 13.0 Å². The molecule has 0 aromatic heterocycles. The van der Waals surface area contributed by atoms with E-state index in [1.807, 2.05) is 6.92 Å². The molecule has 0 fully saturated rings. The number of nitrogens with one attached hydrogen (secondary N) is 1. The van der Waals surface area contributed by atoms with Gasteiger partial charge in [-0.15, -0.1) is 0 Å². The quantitative estimate of drug-likeness (QED) is 0.881. The van der Waals surface area contributed by atoms with Crippen molar-refractivity contribution in [1.82, 2.24) is 0 Å². The van der Waals surface area contributed by atoms with Gasteiger partial charge >= 0.3 is 0 Å². The maximum Gasteiger partial charge on any atom is 0.165 e. The molecule has 0 spiro atoms. The minimum Gasteiger partial charge on any atom is -0.504 e. The Morgan fingerprint density at radius 1 is 1.05 bits per heavy atom. The number of hydrogen-bond acceptors (Lipinski definition) is 4. The van der Waals surface area contributed by atoms with Gasteiger partial charge in [0, 0.05) is 17.8 Å². The molecule has 2 aromatic carbocycles. The van der Waals surface area contributed by atoms with Gasteiger partial charge in [-0.2, -0.15) is 0 Å². The van der Waals surface area contributed by atoms with Crippen molar-refractivity contribution in [3.63, 3.8) is 0 Å². The third-order valence-corrected chi connectivity index (χ3v) is 3.24. The summed E-state index contributed by atoms with van der Waals surface area (Å²) in [6, 6.07) is 9.71. The number of aromatic hydroxyl groups is 1. The van der Waals surface area contributed by atoms with Gasteiger partial charge in [-0.25, -0.2) is 4.39 Å². The Hall–Kier alpha value is -2.43. The predicted octanol–water partition coefficient (Wildman–Crippen LogP) is 3.72. The number of hydrogen-bond donors (Lipinski definition) is 2. The number of phenols is 1. The SMILES string of the molecule is COc1ccc(NC(C)c2ccc(OC)c(F)c2)cc1O. The average molecular weight is 291 g/mol. The van der Waals surface area contributed by atoms with E-state index in [1.165, 1.54) is 20.3 Å². The highest BCUT2D eigenvalue weighted by Gasteiger charge is 2.10. The lowest BCUT2D eigenvalue weighted by atomic mass is 10.1. The fourth-order valence-corrected chi connectivity index (χ4v) is 2.07. The van der Waals surface area contributed by atoms with Crippen LogP contribution < -0.4 is 14.8 Å². The maximum absolute atomic E-state index is 13.7. The number of ether oxygens (including phenoxy) is 2. The standard InChI is InChI=1S/C16H18FNO3/c1-10(11-4-6-15(20-2)13(17)8-11)18-12-5-7-16(21-3)14(19)9-12/h4-10,18-19H,1-3H3. The molecule has 2 N–H and O–H groups in total.